The number of rotatable bonds is 6. The third-order valence-electron chi connectivity index (χ3n) is 4.94. The number of aryl methyl sites for hydroxylation is 1. The molecule has 2 aromatic rings. The third-order valence-corrected chi connectivity index (χ3v) is 4.94. The van der Waals surface area contributed by atoms with Gasteiger partial charge in [-0.15, -0.1) is 0 Å². The minimum absolute atomic E-state index is 0.114. The first-order chi connectivity index (χ1) is 12.0. The number of carbonyl (C=O) groups excluding carboxylic acids is 1. The van der Waals surface area contributed by atoms with Gasteiger partial charge in [0.25, 0.3) is 5.95 Å². The highest BCUT2D eigenvalue weighted by molar-refractivity contribution is 5.88. The zero-order valence-corrected chi connectivity index (χ0v) is 15.2. The number of hydrogen-bond donors (Lipinski definition) is 1. The number of amides is 1. The first-order valence-corrected chi connectivity index (χ1v) is 8.87. The zero-order valence-electron chi connectivity index (χ0n) is 15.2. The Bertz CT molecular complexity index is 733. The fourth-order valence-corrected chi connectivity index (χ4v) is 3.55. The second-order valence-electron chi connectivity index (χ2n) is 7.05. The van der Waals surface area contributed by atoms with E-state index in [0.717, 1.165) is 31.2 Å². The van der Waals surface area contributed by atoms with Gasteiger partial charge in [-0.05, 0) is 30.5 Å². The van der Waals surface area contributed by atoms with Crippen LogP contribution in [0.15, 0.2) is 28.8 Å². The van der Waals surface area contributed by atoms with Crippen molar-refractivity contribution in [2.45, 2.75) is 44.4 Å². The minimum atomic E-state index is -0.393. The standard InChI is InChI=1S/C19H26N4O2/c1-14-7-6-8-15(13-14)19(10-4-5-11-19)17(24)20-12-9-16-21-18(22-25-16)23(2)3/h6-8,13H,4-5,9-12H2,1-3H3,(H,20,24). The Kier molecular flexibility index (Phi) is 5.06. The molecule has 1 aromatic heterocycles. The topological polar surface area (TPSA) is 71.3 Å². The average molecular weight is 342 g/mol. The van der Waals surface area contributed by atoms with Crippen LogP contribution >= 0.6 is 0 Å². The second-order valence-corrected chi connectivity index (χ2v) is 7.05. The molecule has 1 saturated carbocycles. The number of benzene rings is 1. The Morgan fingerprint density at radius 1 is 1.32 bits per heavy atom. The Balaban J connectivity index is 1.65. The van der Waals surface area contributed by atoms with E-state index >= 15 is 0 Å². The Hall–Kier alpha value is -2.37. The van der Waals surface area contributed by atoms with Gasteiger partial charge in [-0.1, -0.05) is 42.7 Å². The summed E-state index contributed by atoms with van der Waals surface area (Å²) in [7, 11) is 3.73. The molecule has 1 amide bonds. The fourth-order valence-electron chi connectivity index (χ4n) is 3.55. The van der Waals surface area contributed by atoms with Gasteiger partial charge >= 0.3 is 0 Å². The van der Waals surface area contributed by atoms with Crippen LogP contribution in [0.25, 0.3) is 0 Å². The van der Waals surface area contributed by atoms with Crippen LogP contribution in [0.1, 0.15) is 42.7 Å². The molecule has 1 aromatic carbocycles. The zero-order chi connectivity index (χ0) is 17.9. The molecule has 0 spiro atoms. The van der Waals surface area contributed by atoms with Gasteiger partial charge in [-0.2, -0.15) is 4.98 Å². The molecule has 0 unspecified atom stereocenters. The summed E-state index contributed by atoms with van der Waals surface area (Å²) in [4.78, 5) is 19.1. The van der Waals surface area contributed by atoms with Gasteiger partial charge in [0.1, 0.15) is 0 Å². The minimum Gasteiger partial charge on any atom is -0.355 e. The first kappa shape index (κ1) is 17.5. The number of hydrogen-bond acceptors (Lipinski definition) is 5. The smallest absolute Gasteiger partial charge is 0.265 e. The summed E-state index contributed by atoms with van der Waals surface area (Å²) in [5, 5.41) is 6.98. The van der Waals surface area contributed by atoms with Crippen molar-refractivity contribution < 1.29 is 9.32 Å². The van der Waals surface area contributed by atoms with Crippen molar-refractivity contribution in [2.75, 3.05) is 25.5 Å². The molecule has 25 heavy (non-hydrogen) atoms. The van der Waals surface area contributed by atoms with Gasteiger partial charge in [0.05, 0.1) is 5.41 Å². The van der Waals surface area contributed by atoms with E-state index in [1.54, 1.807) is 4.90 Å². The number of nitrogens with zero attached hydrogens (tertiary/aromatic N) is 3. The predicted molar refractivity (Wildman–Crippen MR) is 96.7 cm³/mol. The van der Waals surface area contributed by atoms with E-state index in [1.165, 1.54) is 5.56 Å². The summed E-state index contributed by atoms with van der Waals surface area (Å²) in [5.74, 6) is 1.20. The van der Waals surface area contributed by atoms with Crippen LogP contribution in [-0.4, -0.2) is 36.7 Å². The lowest BCUT2D eigenvalue weighted by Crippen LogP contribution is -2.43. The van der Waals surface area contributed by atoms with E-state index in [1.807, 2.05) is 20.2 Å². The van der Waals surface area contributed by atoms with E-state index in [-0.39, 0.29) is 5.91 Å². The van der Waals surface area contributed by atoms with Gasteiger partial charge in [0, 0.05) is 27.1 Å². The van der Waals surface area contributed by atoms with E-state index < -0.39 is 5.41 Å². The maximum absolute atomic E-state index is 13.0. The van der Waals surface area contributed by atoms with Gasteiger partial charge in [-0.3, -0.25) is 4.79 Å². The van der Waals surface area contributed by atoms with Crippen molar-refractivity contribution in [1.82, 2.24) is 15.5 Å². The summed E-state index contributed by atoms with van der Waals surface area (Å²) in [6, 6.07) is 8.34. The highest BCUT2D eigenvalue weighted by atomic mass is 16.5. The normalized spacial score (nSPS) is 16.0. The monoisotopic (exact) mass is 342 g/mol. The molecule has 0 saturated heterocycles. The molecule has 1 aliphatic carbocycles. The predicted octanol–water partition coefficient (Wildman–Crippen LogP) is 2.61. The molecule has 0 atom stereocenters. The lowest BCUT2D eigenvalue weighted by Gasteiger charge is -2.28. The summed E-state index contributed by atoms with van der Waals surface area (Å²) in [5.41, 5.74) is 1.93. The number of carbonyl (C=O) groups is 1. The summed E-state index contributed by atoms with van der Waals surface area (Å²) < 4.78 is 5.20. The number of nitrogens with one attached hydrogen (secondary N) is 1. The summed E-state index contributed by atoms with van der Waals surface area (Å²) >= 11 is 0. The van der Waals surface area contributed by atoms with Crippen molar-refractivity contribution in [3.63, 3.8) is 0 Å². The molecule has 1 N–H and O–H groups in total. The summed E-state index contributed by atoms with van der Waals surface area (Å²) in [6.45, 7) is 2.57. The fraction of sp³-hybridized carbons (Fsp3) is 0.526. The molecule has 3 rings (SSSR count). The maximum Gasteiger partial charge on any atom is 0.265 e. The van der Waals surface area contributed by atoms with Crippen LogP contribution in [0.5, 0.6) is 0 Å². The Labute approximate surface area is 148 Å². The number of aromatic nitrogens is 2. The molecule has 0 aliphatic heterocycles. The van der Waals surface area contributed by atoms with Gasteiger partial charge in [0.15, 0.2) is 0 Å². The lowest BCUT2D eigenvalue weighted by molar-refractivity contribution is -0.126. The molecule has 134 valence electrons. The highest BCUT2D eigenvalue weighted by Crippen LogP contribution is 2.41. The van der Waals surface area contributed by atoms with Gasteiger partial charge in [0.2, 0.25) is 11.8 Å². The van der Waals surface area contributed by atoms with Crippen LogP contribution in [0, 0.1) is 6.92 Å². The van der Waals surface area contributed by atoms with Crippen LogP contribution < -0.4 is 10.2 Å². The van der Waals surface area contributed by atoms with Crippen molar-refractivity contribution in [3.8, 4) is 0 Å². The molecule has 0 radical (unpaired) electrons. The van der Waals surface area contributed by atoms with Crippen molar-refractivity contribution in [1.29, 1.82) is 0 Å². The molecular formula is C19H26N4O2. The highest BCUT2D eigenvalue weighted by Gasteiger charge is 2.42. The van der Waals surface area contributed by atoms with Crippen LogP contribution in [0.3, 0.4) is 0 Å². The van der Waals surface area contributed by atoms with E-state index in [2.05, 4.69) is 40.6 Å². The molecular weight excluding hydrogens is 316 g/mol. The number of anilines is 1. The first-order valence-electron chi connectivity index (χ1n) is 8.87. The van der Waals surface area contributed by atoms with Crippen LogP contribution in [-0.2, 0) is 16.6 Å². The molecule has 6 nitrogen and oxygen atoms in total. The van der Waals surface area contributed by atoms with Gasteiger partial charge in [-0.25, -0.2) is 0 Å². The SMILES string of the molecule is Cc1cccc(C2(C(=O)NCCc3nc(N(C)C)no3)CCCC2)c1. The molecule has 0 bridgehead atoms. The third kappa shape index (κ3) is 3.67. The molecule has 1 heterocycles. The maximum atomic E-state index is 13.0. The molecule has 1 fully saturated rings. The molecule has 1 aliphatic rings. The van der Waals surface area contributed by atoms with E-state index in [4.69, 9.17) is 4.52 Å². The van der Waals surface area contributed by atoms with Crippen molar-refractivity contribution in [3.05, 3.63) is 41.3 Å². The van der Waals surface area contributed by atoms with Crippen molar-refractivity contribution >= 4 is 11.9 Å². The van der Waals surface area contributed by atoms with Crippen LogP contribution in [0.4, 0.5) is 5.95 Å². The van der Waals surface area contributed by atoms with E-state index in [9.17, 15) is 4.79 Å². The van der Waals surface area contributed by atoms with Crippen molar-refractivity contribution in [2.24, 2.45) is 0 Å². The lowest BCUT2D eigenvalue weighted by atomic mass is 9.77. The second kappa shape index (κ2) is 7.25. The largest absolute Gasteiger partial charge is 0.355 e. The summed E-state index contributed by atoms with van der Waals surface area (Å²) in [6.07, 6.45) is 4.55. The van der Waals surface area contributed by atoms with E-state index in [0.29, 0.717) is 24.8 Å². The quantitative estimate of drug-likeness (QED) is 0.874. The Morgan fingerprint density at radius 2 is 2.08 bits per heavy atom. The van der Waals surface area contributed by atoms with Gasteiger partial charge < -0.3 is 14.7 Å². The van der Waals surface area contributed by atoms with Crippen LogP contribution in [0.2, 0.25) is 0 Å². The average Bonchev–Trinajstić information content (AvgIpc) is 3.25. The Morgan fingerprint density at radius 3 is 2.72 bits per heavy atom. The molecule has 6 heteroatoms.